The summed E-state index contributed by atoms with van der Waals surface area (Å²) in [6.45, 7) is 10.1. The molecule has 8 aromatic rings. The molecule has 2 fully saturated rings. The number of aliphatic hydroxyl groups excluding tert-OH is 2. The van der Waals surface area contributed by atoms with Gasteiger partial charge in [-0.1, -0.05) is 12.1 Å². The van der Waals surface area contributed by atoms with E-state index in [-0.39, 0.29) is 30.1 Å². The zero-order valence-electron chi connectivity index (χ0n) is 46.1. The molecule has 5 N–H and O–H groups in total. The highest BCUT2D eigenvalue weighted by Crippen LogP contribution is 2.42. The third kappa shape index (κ3) is 13.5. The van der Waals surface area contributed by atoms with E-state index in [1.807, 2.05) is 110 Å². The van der Waals surface area contributed by atoms with Crippen LogP contribution in [0, 0.1) is 0 Å². The molecule has 2 aliphatic rings. The Labute approximate surface area is 463 Å². The maximum absolute atomic E-state index is 9.93. The van der Waals surface area contributed by atoms with Gasteiger partial charge in [0.1, 0.15) is 58.5 Å². The second kappa shape index (κ2) is 26.5. The van der Waals surface area contributed by atoms with E-state index in [1.54, 1.807) is 55.3 Å². The first-order valence-electron chi connectivity index (χ1n) is 25.9. The number of ether oxygens (including phenoxy) is 8. The van der Waals surface area contributed by atoms with Crippen molar-refractivity contribution in [2.24, 2.45) is 0 Å². The minimum absolute atomic E-state index is 0.00470. The Morgan fingerprint density at radius 1 is 0.608 bits per heavy atom. The smallest absolute Gasteiger partial charge is 0.228 e. The van der Waals surface area contributed by atoms with Crippen LogP contribution in [0.15, 0.2) is 85.7 Å². The van der Waals surface area contributed by atoms with E-state index in [4.69, 9.17) is 64.6 Å². The molecule has 0 spiro atoms. The Morgan fingerprint density at radius 2 is 1.10 bits per heavy atom. The summed E-state index contributed by atoms with van der Waals surface area (Å²) in [4.78, 5) is 29.6. The van der Waals surface area contributed by atoms with Crippen LogP contribution < -0.4 is 58.7 Å². The Kier molecular flexibility index (Phi) is 19.2. The second-order valence-corrected chi connectivity index (χ2v) is 19.2. The van der Waals surface area contributed by atoms with Gasteiger partial charge in [0.05, 0.1) is 97.9 Å². The molecule has 4 aromatic carbocycles. The van der Waals surface area contributed by atoms with Crippen molar-refractivity contribution in [3.63, 3.8) is 0 Å². The minimum Gasteiger partial charge on any atom is -0.493 e. The lowest BCUT2D eigenvalue weighted by molar-refractivity contribution is 0.244. The van der Waals surface area contributed by atoms with Gasteiger partial charge < -0.3 is 78.1 Å². The number of aliphatic hydroxyl groups is 2. The number of fused-ring (bicyclic) bond motifs is 2. The first-order valence-corrected chi connectivity index (χ1v) is 26.2. The third-order valence-corrected chi connectivity index (χ3v) is 13.0. The van der Waals surface area contributed by atoms with Crippen molar-refractivity contribution >= 4 is 62.6 Å². The van der Waals surface area contributed by atoms with Gasteiger partial charge in [-0.05, 0) is 95.8 Å². The summed E-state index contributed by atoms with van der Waals surface area (Å²) in [6.07, 6.45) is 11.3. The molecule has 420 valence electrons. The minimum atomic E-state index is -0.0206. The number of para-hydroxylation sites is 2. The quantitative estimate of drug-likeness (QED) is 0.0474. The summed E-state index contributed by atoms with van der Waals surface area (Å²) in [6, 6.07) is 19.2. The predicted molar refractivity (Wildman–Crippen MR) is 304 cm³/mol. The normalized spacial score (nSPS) is 14.8. The highest BCUT2D eigenvalue weighted by atomic mass is 35.5. The van der Waals surface area contributed by atoms with Gasteiger partial charge >= 0.3 is 0 Å². The van der Waals surface area contributed by atoms with Gasteiger partial charge in [-0.2, -0.15) is 9.97 Å². The van der Waals surface area contributed by atoms with Crippen LogP contribution in [0.2, 0.25) is 5.28 Å². The Hall–Kier alpha value is -8.05. The summed E-state index contributed by atoms with van der Waals surface area (Å²) in [5.41, 5.74) is 2.89. The predicted octanol–water partition coefficient (Wildman–Crippen LogP) is 9.09. The first kappa shape index (κ1) is 57.1. The average molecular weight is 1110 g/mol. The number of benzene rings is 4. The van der Waals surface area contributed by atoms with Crippen molar-refractivity contribution in [1.29, 1.82) is 0 Å². The van der Waals surface area contributed by atoms with E-state index < -0.39 is 0 Å². The van der Waals surface area contributed by atoms with E-state index in [9.17, 15) is 5.11 Å². The van der Waals surface area contributed by atoms with Gasteiger partial charge in [0, 0.05) is 47.6 Å². The number of rotatable bonds is 19. The number of hydrogen-bond donors (Lipinski definition) is 5. The number of nitrogens with zero attached hydrogens (tertiary/aromatic N) is 9. The molecule has 23 heteroatoms. The number of nitrogens with one attached hydrogen (secondary N) is 3. The van der Waals surface area contributed by atoms with Gasteiger partial charge in [-0.3, -0.25) is 0 Å². The number of hydrogen-bond acceptors (Lipinski definition) is 20. The topological polar surface area (TPSA) is 241 Å². The second-order valence-electron chi connectivity index (χ2n) is 18.8. The molecule has 0 amide bonds. The molecule has 2 saturated heterocycles. The fourth-order valence-corrected chi connectivity index (χ4v) is 9.33. The monoisotopic (exact) mass is 1100 g/mol. The van der Waals surface area contributed by atoms with Gasteiger partial charge in [0.25, 0.3) is 0 Å². The van der Waals surface area contributed by atoms with Crippen LogP contribution in [0.4, 0.5) is 29.2 Å². The average Bonchev–Trinajstić information content (AvgIpc) is 4.37. The number of aromatic nitrogens is 8. The lowest BCUT2D eigenvalue weighted by Crippen LogP contribution is -2.33. The fourth-order valence-electron chi connectivity index (χ4n) is 9.16. The summed E-state index contributed by atoms with van der Waals surface area (Å²) < 4.78 is 48.4. The van der Waals surface area contributed by atoms with Crippen molar-refractivity contribution in [3.05, 3.63) is 91.0 Å². The summed E-state index contributed by atoms with van der Waals surface area (Å²) >= 11 is 6.21. The zero-order valence-corrected chi connectivity index (χ0v) is 46.9. The van der Waals surface area contributed by atoms with Crippen LogP contribution >= 0.6 is 11.6 Å². The molecule has 0 saturated carbocycles. The van der Waals surface area contributed by atoms with Crippen LogP contribution in [0.3, 0.4) is 0 Å². The van der Waals surface area contributed by atoms with Crippen molar-refractivity contribution in [1.82, 2.24) is 44.4 Å². The summed E-state index contributed by atoms with van der Waals surface area (Å²) in [5, 5.41) is 29.9. The van der Waals surface area contributed by atoms with Crippen LogP contribution in [0.25, 0.3) is 33.2 Å². The molecule has 0 radical (unpaired) electrons. The third-order valence-electron chi connectivity index (χ3n) is 12.8. The van der Waals surface area contributed by atoms with Crippen LogP contribution in [0.5, 0.6) is 46.0 Å². The number of methoxy groups -OCH3 is 6. The highest BCUT2D eigenvalue weighted by Gasteiger charge is 2.28. The molecule has 6 heterocycles. The number of anilines is 5. The molecule has 2 aliphatic heterocycles. The van der Waals surface area contributed by atoms with Crippen LogP contribution in [0.1, 0.15) is 53.4 Å². The molecule has 22 nitrogen and oxygen atoms in total. The highest BCUT2D eigenvalue weighted by molar-refractivity contribution is 6.29. The molecule has 4 aromatic heterocycles. The SMILES string of the molecule is COc1cc(-n2cnc(Nc3nc(Cl)nc4c(OC(C)C)cccc34)c2)cc(OC)c1OC.COc1cc(-n2cnc(Nc3nc(N4CCC[C@H]4CO)nc4c(OC(C)C)cccc34)c2)cc(OC)c1OC.OC[C@@H]1CCCN1. The van der Waals surface area contributed by atoms with E-state index in [1.165, 1.54) is 6.42 Å². The standard InChI is InChI=1S/C28H34N6O5.C23H24ClN5O4.C5H11NO/c1-17(2)39-21-10-6-9-20-25(21)31-28(34-11-7-8-18(34)15-35)32-27(20)30-24-14-33(16-29-24)19-12-22(36-3)26(38-5)23(13-19)37-4;1-13(2)33-16-8-6-7-15-20(16)27-23(24)28-22(15)26-19-11-29(12-25-19)14-9-17(30-3)21(32-5)18(10-14)31-4;7-4-5-2-1-3-6-5/h6,9-10,12-14,16-18,35H,7-8,11,15H2,1-5H3,(H,30,31,32);6-13H,1-5H3,(H,26,27,28);5-7H,1-4H2/t18-;;5-/m0.0/s1. The van der Waals surface area contributed by atoms with E-state index >= 15 is 0 Å². The molecular weight excluding hydrogens is 1040 g/mol. The largest absolute Gasteiger partial charge is 0.493 e. The van der Waals surface area contributed by atoms with E-state index in [0.717, 1.165) is 54.5 Å². The maximum atomic E-state index is 9.93. The van der Waals surface area contributed by atoms with Crippen molar-refractivity contribution < 1.29 is 48.1 Å². The molecule has 0 aliphatic carbocycles. The van der Waals surface area contributed by atoms with Gasteiger partial charge in [0.15, 0.2) is 23.0 Å². The number of halogens is 1. The molecule has 79 heavy (non-hydrogen) atoms. The summed E-state index contributed by atoms with van der Waals surface area (Å²) in [5.74, 6) is 7.35. The summed E-state index contributed by atoms with van der Waals surface area (Å²) in [7, 11) is 9.44. The maximum Gasteiger partial charge on any atom is 0.228 e. The lowest BCUT2D eigenvalue weighted by atomic mass is 10.2. The molecule has 10 rings (SSSR count). The van der Waals surface area contributed by atoms with Crippen molar-refractivity contribution in [2.75, 3.05) is 84.5 Å². The molecule has 0 bridgehead atoms. The van der Waals surface area contributed by atoms with Gasteiger partial charge in [0.2, 0.25) is 22.7 Å². The van der Waals surface area contributed by atoms with Gasteiger partial charge in [-0.25, -0.2) is 19.9 Å². The van der Waals surface area contributed by atoms with Crippen LogP contribution in [-0.2, 0) is 0 Å². The Bertz CT molecular complexity index is 3260. The Morgan fingerprint density at radius 3 is 1.52 bits per heavy atom. The molecule has 2 atom stereocenters. The molecular formula is C56H69ClN12O10. The van der Waals surface area contributed by atoms with Crippen molar-refractivity contribution in [2.45, 2.75) is 77.7 Å². The lowest BCUT2D eigenvalue weighted by Gasteiger charge is -2.24. The fraction of sp³-hybridized carbons (Fsp3) is 0.393. The zero-order chi connectivity index (χ0) is 56.2. The molecule has 0 unspecified atom stereocenters. The first-order chi connectivity index (χ1) is 38.3. The van der Waals surface area contributed by atoms with Crippen molar-refractivity contribution in [3.8, 4) is 57.4 Å². The van der Waals surface area contributed by atoms with E-state index in [0.29, 0.717) is 98.9 Å². The Balaban J connectivity index is 0.000000187. The van der Waals surface area contributed by atoms with Gasteiger partial charge in [-0.15, -0.1) is 0 Å². The van der Waals surface area contributed by atoms with E-state index in [2.05, 4.69) is 40.8 Å². The van der Waals surface area contributed by atoms with Crippen LogP contribution in [-0.4, -0.2) is 143 Å². The number of imidazole rings is 2.